The first-order valence-corrected chi connectivity index (χ1v) is 10.2. The van der Waals surface area contributed by atoms with Gasteiger partial charge in [-0.15, -0.1) is 16.9 Å². The minimum atomic E-state index is -0.557. The number of nitrogens with zero attached hydrogens (tertiary/aromatic N) is 6. The number of carbonyl (C=O) groups is 1. The summed E-state index contributed by atoms with van der Waals surface area (Å²) in [6.45, 7) is 1.70. The normalized spacial score (nSPS) is 11.6. The lowest BCUT2D eigenvalue weighted by molar-refractivity contribution is 0.0949. The molecule has 13 heteroatoms. The van der Waals surface area contributed by atoms with Crippen molar-refractivity contribution in [2.75, 3.05) is 5.73 Å². The Morgan fingerprint density at radius 3 is 2.77 bits per heavy atom. The fourth-order valence-corrected chi connectivity index (χ4v) is 3.54. The van der Waals surface area contributed by atoms with Gasteiger partial charge >= 0.3 is 0 Å². The Bertz CT molecular complexity index is 1220. The SMILES string of the molecule is C/C(=N/NC(=O)c1nnn(-c2nonc2N)c1CSc1ccc(Cl)cc1)c1ccco1. The molecule has 3 aromatic heterocycles. The van der Waals surface area contributed by atoms with Crippen LogP contribution in [0.25, 0.3) is 5.82 Å². The molecule has 3 N–H and O–H groups in total. The summed E-state index contributed by atoms with van der Waals surface area (Å²) in [7, 11) is 0. The van der Waals surface area contributed by atoms with Crippen LogP contribution in [-0.4, -0.2) is 36.9 Å². The molecule has 11 nitrogen and oxygen atoms in total. The van der Waals surface area contributed by atoms with E-state index in [1.165, 1.54) is 22.7 Å². The van der Waals surface area contributed by atoms with Crippen molar-refractivity contribution in [1.82, 2.24) is 30.7 Å². The monoisotopic (exact) mass is 458 g/mol. The van der Waals surface area contributed by atoms with Crippen LogP contribution in [-0.2, 0) is 5.75 Å². The number of hydrogen-bond donors (Lipinski definition) is 2. The highest BCUT2D eigenvalue weighted by molar-refractivity contribution is 7.98. The van der Waals surface area contributed by atoms with E-state index in [2.05, 4.69) is 35.8 Å². The summed E-state index contributed by atoms with van der Waals surface area (Å²) in [5.41, 5.74) is 9.24. The number of carbonyl (C=O) groups excluding carboxylic acids is 1. The number of halogens is 1. The first-order valence-electron chi connectivity index (χ1n) is 8.83. The number of rotatable bonds is 7. The first kappa shape index (κ1) is 20.6. The van der Waals surface area contributed by atoms with Crippen LogP contribution >= 0.6 is 23.4 Å². The quantitative estimate of drug-likeness (QED) is 0.242. The summed E-state index contributed by atoms with van der Waals surface area (Å²) in [5, 5.41) is 20.0. The van der Waals surface area contributed by atoms with Gasteiger partial charge in [0.05, 0.1) is 12.0 Å². The van der Waals surface area contributed by atoms with E-state index in [0.717, 1.165) is 4.90 Å². The molecule has 0 fully saturated rings. The molecular formula is C18H15ClN8O3S. The van der Waals surface area contributed by atoms with Crippen LogP contribution in [0.5, 0.6) is 0 Å². The van der Waals surface area contributed by atoms with E-state index in [1.54, 1.807) is 31.2 Å². The molecular weight excluding hydrogens is 444 g/mol. The Morgan fingerprint density at radius 1 is 1.29 bits per heavy atom. The molecule has 0 bridgehead atoms. The van der Waals surface area contributed by atoms with E-state index in [9.17, 15) is 4.79 Å². The molecule has 0 saturated heterocycles. The molecule has 3 heterocycles. The van der Waals surface area contributed by atoms with Crippen LogP contribution in [0, 0.1) is 0 Å². The number of anilines is 1. The molecule has 31 heavy (non-hydrogen) atoms. The van der Waals surface area contributed by atoms with E-state index < -0.39 is 5.91 Å². The number of aromatic nitrogens is 5. The molecule has 0 saturated carbocycles. The molecule has 1 amide bonds. The molecule has 4 rings (SSSR count). The topological polar surface area (TPSA) is 150 Å². The van der Waals surface area contributed by atoms with Gasteiger partial charge in [-0.25, -0.2) is 10.1 Å². The summed E-state index contributed by atoms with van der Waals surface area (Å²) in [6.07, 6.45) is 1.52. The van der Waals surface area contributed by atoms with Crippen molar-refractivity contribution in [3.05, 3.63) is 64.8 Å². The summed E-state index contributed by atoms with van der Waals surface area (Å²) < 4.78 is 11.2. The fourth-order valence-electron chi connectivity index (χ4n) is 2.53. The Labute approximate surface area is 184 Å². The van der Waals surface area contributed by atoms with Crippen molar-refractivity contribution in [3.63, 3.8) is 0 Å². The largest absolute Gasteiger partial charge is 0.463 e. The maximum Gasteiger partial charge on any atom is 0.293 e. The maximum atomic E-state index is 12.8. The number of benzene rings is 1. The number of thioether (sulfide) groups is 1. The second-order valence-corrected chi connectivity index (χ2v) is 7.61. The van der Waals surface area contributed by atoms with E-state index in [1.807, 2.05) is 12.1 Å². The summed E-state index contributed by atoms with van der Waals surface area (Å²) in [6, 6.07) is 10.7. The van der Waals surface area contributed by atoms with E-state index in [0.29, 0.717) is 27.9 Å². The predicted molar refractivity (Wildman–Crippen MR) is 113 cm³/mol. The fraction of sp³-hybridized carbons (Fsp3) is 0.111. The third kappa shape index (κ3) is 4.59. The lowest BCUT2D eigenvalue weighted by atomic mass is 10.3. The Morgan fingerprint density at radius 2 is 2.10 bits per heavy atom. The maximum absolute atomic E-state index is 12.8. The average molecular weight is 459 g/mol. The van der Waals surface area contributed by atoms with Crippen LogP contribution in [0.1, 0.15) is 28.9 Å². The lowest BCUT2D eigenvalue weighted by Gasteiger charge is -2.06. The van der Waals surface area contributed by atoms with Gasteiger partial charge in [0, 0.05) is 15.7 Å². The first-order chi connectivity index (χ1) is 15.0. The van der Waals surface area contributed by atoms with Gasteiger partial charge in [-0.2, -0.15) is 9.78 Å². The number of nitrogens with two attached hydrogens (primary N) is 1. The Kier molecular flexibility index (Phi) is 6.00. The minimum absolute atomic E-state index is 0.0151. The predicted octanol–water partition coefficient (Wildman–Crippen LogP) is 2.93. The Hall–Kier alpha value is -3.64. The lowest BCUT2D eigenvalue weighted by Crippen LogP contribution is -2.21. The van der Waals surface area contributed by atoms with Crippen molar-refractivity contribution in [1.29, 1.82) is 0 Å². The van der Waals surface area contributed by atoms with Crippen molar-refractivity contribution in [2.24, 2.45) is 5.10 Å². The number of furan rings is 1. The van der Waals surface area contributed by atoms with Gasteiger partial charge in [-0.3, -0.25) is 4.79 Å². The van der Waals surface area contributed by atoms with Crippen LogP contribution in [0.4, 0.5) is 5.82 Å². The van der Waals surface area contributed by atoms with Crippen molar-refractivity contribution in [3.8, 4) is 5.82 Å². The number of amides is 1. The molecule has 0 unspecified atom stereocenters. The Balaban J connectivity index is 1.61. The van der Waals surface area contributed by atoms with E-state index in [4.69, 9.17) is 21.8 Å². The van der Waals surface area contributed by atoms with E-state index >= 15 is 0 Å². The third-order valence-corrected chi connectivity index (χ3v) is 5.34. The molecule has 158 valence electrons. The highest BCUT2D eigenvalue weighted by Gasteiger charge is 2.24. The summed E-state index contributed by atoms with van der Waals surface area (Å²) >= 11 is 7.39. The van der Waals surface area contributed by atoms with Gasteiger partial charge in [-0.1, -0.05) is 16.8 Å². The molecule has 0 spiro atoms. The summed E-state index contributed by atoms with van der Waals surface area (Å²) in [4.78, 5) is 13.7. The number of nitrogens with one attached hydrogen (secondary N) is 1. The highest BCUT2D eigenvalue weighted by atomic mass is 35.5. The van der Waals surface area contributed by atoms with Gasteiger partial charge in [0.15, 0.2) is 5.69 Å². The van der Waals surface area contributed by atoms with Gasteiger partial charge in [0.1, 0.15) is 11.5 Å². The number of hydrazone groups is 1. The van der Waals surface area contributed by atoms with Gasteiger partial charge < -0.3 is 10.2 Å². The van der Waals surface area contributed by atoms with Crippen LogP contribution in [0.3, 0.4) is 0 Å². The molecule has 1 aromatic carbocycles. The van der Waals surface area contributed by atoms with E-state index in [-0.39, 0.29) is 17.3 Å². The summed E-state index contributed by atoms with van der Waals surface area (Å²) in [5.74, 6) is 0.447. The van der Waals surface area contributed by atoms with Gasteiger partial charge in [-0.05, 0) is 53.6 Å². The van der Waals surface area contributed by atoms with Crippen molar-refractivity contribution in [2.45, 2.75) is 17.6 Å². The highest BCUT2D eigenvalue weighted by Crippen LogP contribution is 2.27. The third-order valence-electron chi connectivity index (χ3n) is 4.07. The molecule has 0 atom stereocenters. The molecule has 4 aromatic rings. The van der Waals surface area contributed by atoms with Crippen LogP contribution < -0.4 is 11.2 Å². The zero-order chi connectivity index (χ0) is 21.8. The van der Waals surface area contributed by atoms with Crippen molar-refractivity contribution >= 4 is 40.8 Å². The molecule has 0 aliphatic carbocycles. The average Bonchev–Trinajstić information content (AvgIpc) is 3.52. The van der Waals surface area contributed by atoms with Gasteiger partial charge in [0.25, 0.3) is 5.91 Å². The second kappa shape index (κ2) is 9.02. The minimum Gasteiger partial charge on any atom is -0.463 e. The molecule has 0 aliphatic heterocycles. The smallest absolute Gasteiger partial charge is 0.293 e. The standard InChI is InChI=1S/C18H15ClN8O3S/c1-10(14-3-2-8-29-14)21-23-18(28)15-13(9-31-12-6-4-11(19)5-7-12)27(26-22-15)17-16(20)24-30-25-17/h2-8H,9H2,1H3,(H2,20,24)(H,23,28)/b21-10-. The number of nitrogen functional groups attached to an aromatic ring is 1. The van der Waals surface area contributed by atoms with Gasteiger partial charge in [0.2, 0.25) is 11.6 Å². The zero-order valence-electron chi connectivity index (χ0n) is 16.0. The number of hydrogen-bond acceptors (Lipinski definition) is 10. The van der Waals surface area contributed by atoms with Crippen LogP contribution in [0.2, 0.25) is 5.02 Å². The molecule has 0 radical (unpaired) electrons. The zero-order valence-corrected chi connectivity index (χ0v) is 17.6. The second-order valence-electron chi connectivity index (χ2n) is 6.13. The van der Waals surface area contributed by atoms with Crippen molar-refractivity contribution < 1.29 is 13.8 Å². The molecule has 0 aliphatic rings. The van der Waals surface area contributed by atoms with Crippen LogP contribution in [0.15, 0.2) is 61.7 Å².